The molecule has 1 aromatic heterocycles. The van der Waals surface area contributed by atoms with Crippen molar-refractivity contribution in [3.05, 3.63) is 44.3 Å². The van der Waals surface area contributed by atoms with Crippen LogP contribution in [0.4, 0.5) is 0 Å². The van der Waals surface area contributed by atoms with Crippen LogP contribution in [0.1, 0.15) is 15.6 Å². The Balaban J connectivity index is 1.70. The zero-order valence-electron chi connectivity index (χ0n) is 13.5. The van der Waals surface area contributed by atoms with Gasteiger partial charge in [-0.1, -0.05) is 22.0 Å². The highest BCUT2D eigenvalue weighted by Crippen LogP contribution is 2.17. The van der Waals surface area contributed by atoms with Crippen molar-refractivity contribution in [3.63, 3.8) is 0 Å². The first-order valence-corrected chi connectivity index (χ1v) is 8.95. The number of aryl methyl sites for hydroxylation is 2. The predicted molar refractivity (Wildman–Crippen MR) is 99.4 cm³/mol. The maximum atomic E-state index is 5.68. The molecule has 5 nitrogen and oxygen atoms in total. The standard InChI is InChI=1S/C16H21BrN4OS/c1-11-12(2)23-15(21-11)10-20-16(18-3)19-7-8-22-14-6-4-5-13(17)9-14/h4-6,9H,7-8,10H2,1-3H3,(H2,18,19,20). The molecule has 0 aliphatic heterocycles. The summed E-state index contributed by atoms with van der Waals surface area (Å²) in [6, 6.07) is 7.80. The number of hydrogen-bond acceptors (Lipinski definition) is 4. The minimum atomic E-state index is 0.562. The molecule has 23 heavy (non-hydrogen) atoms. The molecule has 0 radical (unpaired) electrons. The fourth-order valence-corrected chi connectivity index (χ4v) is 3.14. The van der Waals surface area contributed by atoms with Gasteiger partial charge in [0.05, 0.1) is 18.8 Å². The van der Waals surface area contributed by atoms with Crippen LogP contribution in [0.2, 0.25) is 0 Å². The van der Waals surface area contributed by atoms with Crippen LogP contribution in [0.25, 0.3) is 0 Å². The second-order valence-corrected chi connectivity index (χ2v) is 7.11. The van der Waals surface area contributed by atoms with Crippen LogP contribution in [0.5, 0.6) is 5.75 Å². The van der Waals surface area contributed by atoms with Gasteiger partial charge in [0.1, 0.15) is 17.4 Å². The van der Waals surface area contributed by atoms with Crippen LogP contribution < -0.4 is 15.4 Å². The Morgan fingerprint density at radius 2 is 2.17 bits per heavy atom. The minimum Gasteiger partial charge on any atom is -0.492 e. The van der Waals surface area contributed by atoms with E-state index < -0.39 is 0 Å². The molecule has 124 valence electrons. The van der Waals surface area contributed by atoms with E-state index in [-0.39, 0.29) is 0 Å². The van der Waals surface area contributed by atoms with Crippen molar-refractivity contribution in [3.8, 4) is 5.75 Å². The number of hydrogen-bond donors (Lipinski definition) is 2. The van der Waals surface area contributed by atoms with Gasteiger partial charge in [-0.25, -0.2) is 4.98 Å². The van der Waals surface area contributed by atoms with E-state index in [0.717, 1.165) is 26.9 Å². The number of aromatic nitrogens is 1. The maximum absolute atomic E-state index is 5.68. The van der Waals surface area contributed by atoms with Gasteiger partial charge in [0.15, 0.2) is 5.96 Å². The van der Waals surface area contributed by atoms with Crippen LogP contribution in [0.15, 0.2) is 33.7 Å². The number of thiazole rings is 1. The first kappa shape index (κ1) is 17.7. The van der Waals surface area contributed by atoms with Crippen molar-refractivity contribution < 1.29 is 4.74 Å². The van der Waals surface area contributed by atoms with Crippen molar-refractivity contribution >= 4 is 33.2 Å². The Labute approximate surface area is 149 Å². The van der Waals surface area contributed by atoms with E-state index in [0.29, 0.717) is 19.7 Å². The summed E-state index contributed by atoms with van der Waals surface area (Å²) in [5.74, 6) is 1.59. The number of aliphatic imine (C=N–C) groups is 1. The van der Waals surface area contributed by atoms with Gasteiger partial charge >= 0.3 is 0 Å². The molecule has 2 aromatic rings. The summed E-state index contributed by atoms with van der Waals surface area (Å²) < 4.78 is 6.69. The molecule has 0 bridgehead atoms. The molecular formula is C16H21BrN4OS. The van der Waals surface area contributed by atoms with Crippen LogP contribution in [0.3, 0.4) is 0 Å². The van der Waals surface area contributed by atoms with E-state index in [1.165, 1.54) is 4.88 Å². The molecule has 1 aromatic carbocycles. The first-order valence-electron chi connectivity index (χ1n) is 7.34. The zero-order chi connectivity index (χ0) is 16.7. The van der Waals surface area contributed by atoms with E-state index in [9.17, 15) is 0 Å². The summed E-state index contributed by atoms with van der Waals surface area (Å²) in [7, 11) is 1.75. The van der Waals surface area contributed by atoms with Gasteiger partial charge in [-0.3, -0.25) is 4.99 Å². The molecular weight excluding hydrogens is 376 g/mol. The smallest absolute Gasteiger partial charge is 0.191 e. The Morgan fingerprint density at radius 1 is 1.35 bits per heavy atom. The third-order valence-corrected chi connectivity index (χ3v) is 4.73. The third-order valence-electron chi connectivity index (χ3n) is 3.16. The van der Waals surface area contributed by atoms with E-state index in [1.54, 1.807) is 18.4 Å². The molecule has 2 rings (SSSR count). The average Bonchev–Trinajstić information content (AvgIpc) is 2.85. The van der Waals surface area contributed by atoms with Gasteiger partial charge in [0.25, 0.3) is 0 Å². The lowest BCUT2D eigenvalue weighted by Gasteiger charge is -2.11. The summed E-state index contributed by atoms with van der Waals surface area (Å²) >= 11 is 5.13. The molecule has 0 saturated carbocycles. The monoisotopic (exact) mass is 396 g/mol. The van der Waals surface area contributed by atoms with E-state index >= 15 is 0 Å². The van der Waals surface area contributed by atoms with Crippen molar-refractivity contribution in [1.82, 2.24) is 15.6 Å². The Kier molecular flexibility index (Phi) is 6.85. The zero-order valence-corrected chi connectivity index (χ0v) is 15.9. The third kappa shape index (κ3) is 5.84. The molecule has 7 heteroatoms. The number of ether oxygens (including phenoxy) is 1. The summed E-state index contributed by atoms with van der Waals surface area (Å²) in [5, 5.41) is 7.55. The Bertz CT molecular complexity index is 652. The molecule has 0 spiro atoms. The lowest BCUT2D eigenvalue weighted by molar-refractivity contribution is 0.321. The molecule has 0 atom stereocenters. The van der Waals surface area contributed by atoms with Gasteiger partial charge in [-0.05, 0) is 32.0 Å². The van der Waals surface area contributed by atoms with Gasteiger partial charge in [-0.2, -0.15) is 0 Å². The molecule has 1 heterocycles. The van der Waals surface area contributed by atoms with Crippen LogP contribution in [0, 0.1) is 13.8 Å². The van der Waals surface area contributed by atoms with E-state index in [4.69, 9.17) is 4.74 Å². The number of guanidine groups is 1. The highest BCUT2D eigenvalue weighted by Gasteiger charge is 2.04. The van der Waals surface area contributed by atoms with E-state index in [2.05, 4.69) is 43.5 Å². The topological polar surface area (TPSA) is 58.5 Å². The number of benzene rings is 1. The number of halogens is 1. The number of nitrogens with zero attached hydrogens (tertiary/aromatic N) is 2. The Hall–Kier alpha value is -1.60. The average molecular weight is 397 g/mol. The van der Waals surface area contributed by atoms with Gasteiger partial charge in [0.2, 0.25) is 0 Å². The molecule has 0 unspecified atom stereocenters. The molecule has 0 amide bonds. The normalized spacial score (nSPS) is 11.4. The van der Waals surface area contributed by atoms with Crippen molar-refractivity contribution in [2.24, 2.45) is 4.99 Å². The fraction of sp³-hybridized carbons (Fsp3) is 0.375. The molecule has 0 aliphatic rings. The first-order chi connectivity index (χ1) is 11.1. The summed E-state index contributed by atoms with van der Waals surface area (Å²) in [4.78, 5) is 9.96. The van der Waals surface area contributed by atoms with Crippen molar-refractivity contribution in [2.45, 2.75) is 20.4 Å². The molecule has 0 aliphatic carbocycles. The van der Waals surface area contributed by atoms with Crippen molar-refractivity contribution in [1.29, 1.82) is 0 Å². The maximum Gasteiger partial charge on any atom is 0.191 e. The lowest BCUT2D eigenvalue weighted by atomic mass is 10.3. The summed E-state index contributed by atoms with van der Waals surface area (Å²) in [5.41, 5.74) is 1.09. The lowest BCUT2D eigenvalue weighted by Crippen LogP contribution is -2.38. The second-order valence-electron chi connectivity index (χ2n) is 4.91. The fourth-order valence-electron chi connectivity index (χ4n) is 1.89. The highest BCUT2D eigenvalue weighted by atomic mass is 79.9. The summed E-state index contributed by atoms with van der Waals surface area (Å²) in [6.45, 7) is 6.02. The van der Waals surface area contributed by atoms with Crippen LogP contribution >= 0.6 is 27.3 Å². The SMILES string of the molecule is CN=C(NCCOc1cccc(Br)c1)NCc1nc(C)c(C)s1. The number of rotatable bonds is 6. The van der Waals surface area contributed by atoms with Gasteiger partial charge in [-0.15, -0.1) is 11.3 Å². The van der Waals surface area contributed by atoms with Gasteiger partial charge in [0, 0.05) is 16.4 Å². The van der Waals surface area contributed by atoms with Gasteiger partial charge < -0.3 is 15.4 Å². The summed E-state index contributed by atoms with van der Waals surface area (Å²) in [6.07, 6.45) is 0. The van der Waals surface area contributed by atoms with Crippen LogP contribution in [-0.2, 0) is 6.54 Å². The molecule has 0 fully saturated rings. The quantitative estimate of drug-likeness (QED) is 0.446. The Morgan fingerprint density at radius 3 is 2.83 bits per heavy atom. The largest absolute Gasteiger partial charge is 0.492 e. The number of nitrogens with one attached hydrogen (secondary N) is 2. The molecule has 2 N–H and O–H groups in total. The molecule has 0 saturated heterocycles. The predicted octanol–water partition coefficient (Wildman–Crippen LogP) is 3.27. The highest BCUT2D eigenvalue weighted by molar-refractivity contribution is 9.10. The van der Waals surface area contributed by atoms with Crippen LogP contribution in [-0.4, -0.2) is 31.1 Å². The van der Waals surface area contributed by atoms with E-state index in [1.807, 2.05) is 31.2 Å². The van der Waals surface area contributed by atoms with Crippen molar-refractivity contribution in [2.75, 3.05) is 20.2 Å². The minimum absolute atomic E-state index is 0.562. The second kappa shape index (κ2) is 8.88.